The zero-order valence-corrected chi connectivity index (χ0v) is 10.2. The molecule has 0 aliphatic carbocycles. The molecule has 2 nitrogen and oxygen atoms in total. The van der Waals surface area contributed by atoms with Gasteiger partial charge < -0.3 is 10.1 Å². The lowest BCUT2D eigenvalue weighted by atomic mass is 10.1. The zero-order chi connectivity index (χ0) is 11.1. The third-order valence-corrected chi connectivity index (χ3v) is 2.51. The lowest BCUT2D eigenvalue weighted by molar-refractivity contribution is 0.409. The van der Waals surface area contributed by atoms with Crippen LogP contribution in [0.5, 0.6) is 5.75 Å². The maximum Gasteiger partial charge on any atom is 0.122 e. The highest BCUT2D eigenvalue weighted by Gasteiger charge is 2.02. The minimum absolute atomic E-state index is 0.632. The van der Waals surface area contributed by atoms with Crippen LogP contribution in [0.2, 0.25) is 5.02 Å². The van der Waals surface area contributed by atoms with E-state index in [9.17, 15) is 0 Å². The Morgan fingerprint density at radius 2 is 2.13 bits per heavy atom. The number of nitrogens with one attached hydrogen (secondary N) is 1. The Morgan fingerprint density at radius 1 is 1.33 bits per heavy atom. The van der Waals surface area contributed by atoms with Gasteiger partial charge in [0.25, 0.3) is 0 Å². The summed E-state index contributed by atoms with van der Waals surface area (Å²) in [6.45, 7) is 1.70. The van der Waals surface area contributed by atoms with Crippen LogP contribution in [0.3, 0.4) is 0 Å². The highest BCUT2D eigenvalue weighted by molar-refractivity contribution is 6.30. The second-order valence-electron chi connectivity index (χ2n) is 3.15. The summed E-state index contributed by atoms with van der Waals surface area (Å²) in [7, 11) is 1.67. The first-order valence-electron chi connectivity index (χ1n) is 4.87. The fourth-order valence-electron chi connectivity index (χ4n) is 1.36. The molecule has 0 aromatic heterocycles. The molecular weight excluding hydrogens is 233 g/mol. The van der Waals surface area contributed by atoms with E-state index in [1.54, 1.807) is 7.11 Å². The Morgan fingerprint density at radius 3 is 2.80 bits per heavy atom. The van der Waals surface area contributed by atoms with Gasteiger partial charge in [0.05, 0.1) is 7.11 Å². The molecule has 0 saturated heterocycles. The first kappa shape index (κ1) is 12.6. The molecule has 0 aliphatic rings. The summed E-state index contributed by atoms with van der Waals surface area (Å²) in [5.74, 6) is 1.51. The normalized spacial score (nSPS) is 10.3. The van der Waals surface area contributed by atoms with E-state index in [1.165, 1.54) is 0 Å². The fraction of sp³-hybridized carbons (Fsp3) is 0.455. The molecule has 0 radical (unpaired) electrons. The van der Waals surface area contributed by atoms with E-state index in [1.807, 2.05) is 18.2 Å². The maximum absolute atomic E-state index is 5.92. The first-order valence-corrected chi connectivity index (χ1v) is 5.78. The second kappa shape index (κ2) is 6.94. The third-order valence-electron chi connectivity index (χ3n) is 2.08. The molecule has 0 unspecified atom stereocenters. The predicted molar refractivity (Wildman–Crippen MR) is 65.3 cm³/mol. The van der Waals surface area contributed by atoms with Crippen molar-refractivity contribution in [3.8, 4) is 5.75 Å². The number of methoxy groups -OCH3 is 1. The molecule has 0 heterocycles. The van der Waals surface area contributed by atoms with E-state index in [0.29, 0.717) is 5.88 Å². The SMILES string of the molecule is COc1ccc(Cl)cc1CCNCCCl. The maximum atomic E-state index is 5.92. The Hall–Kier alpha value is -0.440. The van der Waals surface area contributed by atoms with Gasteiger partial charge in [-0.15, -0.1) is 11.6 Å². The zero-order valence-electron chi connectivity index (χ0n) is 8.72. The standard InChI is InChI=1S/C11H15Cl2NO/c1-15-11-3-2-10(13)8-9(11)4-6-14-7-5-12/h2-3,8,14H,4-7H2,1H3. The van der Waals surface area contributed by atoms with Crippen molar-refractivity contribution < 1.29 is 4.74 Å². The van der Waals surface area contributed by atoms with Gasteiger partial charge in [-0.25, -0.2) is 0 Å². The third kappa shape index (κ3) is 4.29. The van der Waals surface area contributed by atoms with Crippen LogP contribution in [0, 0.1) is 0 Å². The number of alkyl halides is 1. The van der Waals surface area contributed by atoms with Gasteiger partial charge in [-0.1, -0.05) is 11.6 Å². The van der Waals surface area contributed by atoms with Crippen LogP contribution < -0.4 is 10.1 Å². The van der Waals surface area contributed by atoms with Crippen LogP contribution in [0.4, 0.5) is 0 Å². The topological polar surface area (TPSA) is 21.3 Å². The Labute approximate surface area is 101 Å². The van der Waals surface area contributed by atoms with Gasteiger partial charge in [0.2, 0.25) is 0 Å². The van der Waals surface area contributed by atoms with Crippen molar-refractivity contribution in [2.75, 3.05) is 26.1 Å². The van der Waals surface area contributed by atoms with Gasteiger partial charge >= 0.3 is 0 Å². The van der Waals surface area contributed by atoms with Gasteiger partial charge in [-0.2, -0.15) is 0 Å². The summed E-state index contributed by atoms with van der Waals surface area (Å²) < 4.78 is 5.24. The molecule has 0 atom stereocenters. The molecule has 0 bridgehead atoms. The summed E-state index contributed by atoms with van der Waals surface area (Å²) in [4.78, 5) is 0. The van der Waals surface area contributed by atoms with Crippen LogP contribution in [0.25, 0.3) is 0 Å². The quantitative estimate of drug-likeness (QED) is 0.617. The molecule has 0 aliphatic heterocycles. The average Bonchev–Trinajstić information content (AvgIpc) is 2.25. The lowest BCUT2D eigenvalue weighted by Gasteiger charge is -2.09. The van der Waals surface area contributed by atoms with Crippen LogP contribution in [0.15, 0.2) is 18.2 Å². The van der Waals surface area contributed by atoms with Crippen LogP contribution >= 0.6 is 23.2 Å². The number of halogens is 2. The monoisotopic (exact) mass is 247 g/mol. The largest absolute Gasteiger partial charge is 0.496 e. The van der Waals surface area contributed by atoms with Gasteiger partial charge in [-0.3, -0.25) is 0 Å². The van der Waals surface area contributed by atoms with Crippen molar-refractivity contribution in [3.63, 3.8) is 0 Å². The lowest BCUT2D eigenvalue weighted by Crippen LogP contribution is -2.19. The Kier molecular flexibility index (Phi) is 5.84. The molecule has 1 aromatic rings. The molecule has 15 heavy (non-hydrogen) atoms. The van der Waals surface area contributed by atoms with Crippen LogP contribution in [0.1, 0.15) is 5.56 Å². The average molecular weight is 248 g/mol. The number of hydrogen-bond acceptors (Lipinski definition) is 2. The fourth-order valence-corrected chi connectivity index (χ4v) is 1.69. The van der Waals surface area contributed by atoms with E-state index in [0.717, 1.165) is 35.8 Å². The van der Waals surface area contributed by atoms with Crippen molar-refractivity contribution in [1.29, 1.82) is 0 Å². The number of benzene rings is 1. The molecule has 1 aromatic carbocycles. The molecule has 0 fully saturated rings. The molecule has 0 saturated carbocycles. The van der Waals surface area contributed by atoms with Crippen molar-refractivity contribution in [2.45, 2.75) is 6.42 Å². The molecule has 0 spiro atoms. The summed E-state index contributed by atoms with van der Waals surface area (Å²) in [6.07, 6.45) is 0.890. The highest BCUT2D eigenvalue weighted by atomic mass is 35.5. The van der Waals surface area contributed by atoms with Crippen LogP contribution in [-0.2, 0) is 6.42 Å². The van der Waals surface area contributed by atoms with Crippen molar-refractivity contribution >= 4 is 23.2 Å². The molecule has 1 N–H and O–H groups in total. The summed E-state index contributed by atoms with van der Waals surface area (Å²) in [5, 5.41) is 3.96. The molecule has 4 heteroatoms. The minimum atomic E-state index is 0.632. The Bertz CT molecular complexity index is 305. The smallest absolute Gasteiger partial charge is 0.122 e. The van der Waals surface area contributed by atoms with E-state index in [2.05, 4.69) is 5.32 Å². The van der Waals surface area contributed by atoms with Gasteiger partial charge in [-0.05, 0) is 36.7 Å². The number of hydrogen-bond donors (Lipinski definition) is 1. The molecule has 1 rings (SSSR count). The number of rotatable bonds is 6. The van der Waals surface area contributed by atoms with Crippen molar-refractivity contribution in [1.82, 2.24) is 5.32 Å². The predicted octanol–water partition coefficient (Wildman–Crippen LogP) is 2.72. The minimum Gasteiger partial charge on any atom is -0.496 e. The Balaban J connectivity index is 2.54. The van der Waals surface area contributed by atoms with E-state index in [-0.39, 0.29) is 0 Å². The summed E-state index contributed by atoms with van der Waals surface area (Å²) in [5.41, 5.74) is 1.12. The molecule has 0 amide bonds. The highest BCUT2D eigenvalue weighted by Crippen LogP contribution is 2.22. The van der Waals surface area contributed by atoms with Crippen molar-refractivity contribution in [2.24, 2.45) is 0 Å². The van der Waals surface area contributed by atoms with Gasteiger partial charge in [0, 0.05) is 17.4 Å². The van der Waals surface area contributed by atoms with Gasteiger partial charge in [0.1, 0.15) is 5.75 Å². The van der Waals surface area contributed by atoms with Gasteiger partial charge in [0.15, 0.2) is 0 Å². The molecular formula is C11H15Cl2NO. The summed E-state index contributed by atoms with van der Waals surface area (Å²) in [6, 6.07) is 5.65. The van der Waals surface area contributed by atoms with E-state index >= 15 is 0 Å². The van der Waals surface area contributed by atoms with E-state index < -0.39 is 0 Å². The molecule has 84 valence electrons. The van der Waals surface area contributed by atoms with Crippen LogP contribution in [-0.4, -0.2) is 26.1 Å². The van der Waals surface area contributed by atoms with Crippen molar-refractivity contribution in [3.05, 3.63) is 28.8 Å². The summed E-state index contributed by atoms with van der Waals surface area (Å²) >= 11 is 11.5. The first-order chi connectivity index (χ1) is 7.27. The number of ether oxygens (including phenoxy) is 1. The second-order valence-corrected chi connectivity index (χ2v) is 3.96. The van der Waals surface area contributed by atoms with E-state index in [4.69, 9.17) is 27.9 Å².